The summed E-state index contributed by atoms with van der Waals surface area (Å²) in [5, 5.41) is 7.72. The van der Waals surface area contributed by atoms with Crippen molar-refractivity contribution in [3.8, 4) is 0 Å². The van der Waals surface area contributed by atoms with Gasteiger partial charge in [-0.15, -0.1) is 0 Å². The van der Waals surface area contributed by atoms with Gasteiger partial charge in [-0.1, -0.05) is 35.9 Å². The Kier molecular flexibility index (Phi) is 7.40. The minimum Gasteiger partial charge on any atom is -0.365 e. The Bertz CT molecular complexity index is 1450. The van der Waals surface area contributed by atoms with E-state index in [0.717, 1.165) is 33.8 Å². The molecule has 1 amide bonds. The second kappa shape index (κ2) is 10.6. The van der Waals surface area contributed by atoms with E-state index >= 15 is 0 Å². The largest absolute Gasteiger partial charge is 0.365 e. The number of aromatic nitrogens is 1. The Hall–Kier alpha value is -3.42. The van der Waals surface area contributed by atoms with E-state index in [2.05, 4.69) is 71.4 Å². The van der Waals surface area contributed by atoms with E-state index in [-0.39, 0.29) is 30.0 Å². The van der Waals surface area contributed by atoms with Crippen molar-refractivity contribution in [2.24, 2.45) is 0 Å². The lowest BCUT2D eigenvalue weighted by Crippen LogP contribution is -2.42. The maximum Gasteiger partial charge on any atom is 0.226 e. The molecule has 2 unspecified atom stereocenters. The summed E-state index contributed by atoms with van der Waals surface area (Å²) in [6.07, 6.45) is 4.35. The number of halogens is 1. The minimum atomic E-state index is -0.231. The molecule has 0 bridgehead atoms. The number of rotatable bonds is 6. The van der Waals surface area contributed by atoms with Crippen molar-refractivity contribution in [3.05, 3.63) is 94.3 Å². The predicted molar refractivity (Wildman–Crippen MR) is 164 cm³/mol. The molecule has 1 fully saturated rings. The molecule has 1 aromatic heterocycles. The first kappa shape index (κ1) is 27.2. The summed E-state index contributed by atoms with van der Waals surface area (Å²) in [7, 11) is 2.10. The SMILES string of the molecule is CC1=CC(C)(C)N(C)c2cc(Cl)c(C3C(c4ccccn4)NC(=S)N3CCC(=O)Nc3cccc(C)c3)cc21. The van der Waals surface area contributed by atoms with Crippen LogP contribution in [0.15, 0.2) is 66.9 Å². The zero-order valence-corrected chi connectivity index (χ0v) is 24.5. The first-order valence-corrected chi connectivity index (χ1v) is 14.0. The van der Waals surface area contributed by atoms with Crippen LogP contribution < -0.4 is 15.5 Å². The van der Waals surface area contributed by atoms with Crippen molar-refractivity contribution >= 4 is 51.8 Å². The Morgan fingerprint density at radius 1 is 1.15 bits per heavy atom. The number of allylic oxidation sites excluding steroid dienone is 1. The van der Waals surface area contributed by atoms with E-state index in [1.165, 1.54) is 5.57 Å². The van der Waals surface area contributed by atoms with Crippen LogP contribution in [0.5, 0.6) is 0 Å². The number of pyridine rings is 1. The molecule has 39 heavy (non-hydrogen) atoms. The van der Waals surface area contributed by atoms with Gasteiger partial charge in [-0.2, -0.15) is 0 Å². The van der Waals surface area contributed by atoms with Gasteiger partial charge in [-0.3, -0.25) is 9.78 Å². The molecular weight excluding hydrogens is 526 g/mol. The van der Waals surface area contributed by atoms with E-state index in [1.54, 1.807) is 6.20 Å². The summed E-state index contributed by atoms with van der Waals surface area (Å²) in [4.78, 5) is 21.9. The highest BCUT2D eigenvalue weighted by molar-refractivity contribution is 7.80. The van der Waals surface area contributed by atoms with E-state index in [0.29, 0.717) is 16.7 Å². The molecule has 0 radical (unpaired) electrons. The van der Waals surface area contributed by atoms with Gasteiger partial charge in [0.25, 0.3) is 0 Å². The first-order chi connectivity index (χ1) is 18.5. The zero-order chi connectivity index (χ0) is 27.9. The number of carbonyl (C=O) groups is 1. The zero-order valence-electron chi connectivity index (χ0n) is 23.0. The monoisotopic (exact) mass is 559 g/mol. The van der Waals surface area contributed by atoms with Crippen LogP contribution in [0.25, 0.3) is 5.57 Å². The topological polar surface area (TPSA) is 60.5 Å². The smallest absolute Gasteiger partial charge is 0.226 e. The number of aryl methyl sites for hydroxylation is 1. The fourth-order valence-electron chi connectivity index (χ4n) is 5.57. The highest BCUT2D eigenvalue weighted by atomic mass is 35.5. The number of carbonyl (C=O) groups excluding carboxylic acids is 1. The summed E-state index contributed by atoms with van der Waals surface area (Å²) in [6.45, 7) is 8.98. The molecule has 0 spiro atoms. The number of nitrogens with one attached hydrogen (secondary N) is 2. The Morgan fingerprint density at radius 3 is 2.67 bits per heavy atom. The van der Waals surface area contributed by atoms with Gasteiger partial charge in [-0.05, 0) is 93.0 Å². The summed E-state index contributed by atoms with van der Waals surface area (Å²) < 4.78 is 0. The van der Waals surface area contributed by atoms with Crippen molar-refractivity contribution in [1.82, 2.24) is 15.2 Å². The number of hydrogen-bond donors (Lipinski definition) is 2. The van der Waals surface area contributed by atoms with E-state index in [1.807, 2.05) is 49.4 Å². The van der Waals surface area contributed by atoms with Crippen LogP contribution in [0, 0.1) is 6.92 Å². The number of amides is 1. The number of fused-ring (bicyclic) bond motifs is 1. The maximum absolute atomic E-state index is 12.9. The van der Waals surface area contributed by atoms with Crippen LogP contribution in [0.2, 0.25) is 5.02 Å². The van der Waals surface area contributed by atoms with Gasteiger partial charge in [0, 0.05) is 48.2 Å². The van der Waals surface area contributed by atoms with Crippen molar-refractivity contribution in [2.45, 2.75) is 51.7 Å². The molecule has 5 rings (SSSR count). The Balaban J connectivity index is 1.49. The summed E-state index contributed by atoms with van der Waals surface area (Å²) >= 11 is 12.9. The number of anilines is 2. The van der Waals surface area contributed by atoms with Gasteiger partial charge in [0.05, 0.1) is 23.3 Å². The molecule has 2 aliphatic rings. The van der Waals surface area contributed by atoms with E-state index < -0.39 is 0 Å². The molecule has 0 saturated carbocycles. The van der Waals surface area contributed by atoms with Crippen LogP contribution in [-0.4, -0.2) is 40.0 Å². The van der Waals surface area contributed by atoms with Crippen molar-refractivity contribution in [1.29, 1.82) is 0 Å². The highest BCUT2D eigenvalue weighted by Crippen LogP contribution is 2.46. The Morgan fingerprint density at radius 2 is 1.95 bits per heavy atom. The summed E-state index contributed by atoms with van der Waals surface area (Å²) in [6, 6.07) is 17.5. The molecule has 202 valence electrons. The summed E-state index contributed by atoms with van der Waals surface area (Å²) in [5.74, 6) is -0.0670. The van der Waals surface area contributed by atoms with Crippen LogP contribution in [-0.2, 0) is 4.79 Å². The lowest BCUT2D eigenvalue weighted by Gasteiger charge is -2.41. The number of thiocarbonyl (C=S) groups is 1. The number of benzene rings is 2. The molecule has 2 atom stereocenters. The van der Waals surface area contributed by atoms with Crippen LogP contribution in [0.4, 0.5) is 11.4 Å². The van der Waals surface area contributed by atoms with Crippen molar-refractivity contribution < 1.29 is 4.79 Å². The molecule has 0 aliphatic carbocycles. The molecule has 6 nitrogen and oxygen atoms in total. The average molecular weight is 560 g/mol. The second-order valence-electron chi connectivity index (χ2n) is 10.9. The molecule has 8 heteroatoms. The van der Waals surface area contributed by atoms with E-state index in [9.17, 15) is 4.79 Å². The fraction of sp³-hybridized carbons (Fsp3) is 0.323. The molecule has 3 heterocycles. The molecule has 2 aromatic carbocycles. The highest BCUT2D eigenvalue weighted by Gasteiger charge is 2.41. The normalized spacial score (nSPS) is 19.8. The van der Waals surface area contributed by atoms with Gasteiger partial charge < -0.3 is 20.4 Å². The third-order valence-corrected chi connectivity index (χ3v) is 8.41. The van der Waals surface area contributed by atoms with Gasteiger partial charge >= 0.3 is 0 Å². The standard InChI is InChI=1S/C31H34ClN5OS/c1-19-9-8-10-21(15-19)34-27(38)12-14-37-29(28(35-30(37)39)25-11-6-7-13-33-25)23-16-22-20(2)18-31(3,4)36(5)26(22)17-24(23)32/h6-11,13,15-18,28-29H,12,14H2,1-5H3,(H,34,38)(H,35,39). The Labute approximate surface area is 241 Å². The van der Waals surface area contributed by atoms with Crippen LogP contribution in [0.1, 0.15) is 61.7 Å². The van der Waals surface area contributed by atoms with Crippen LogP contribution in [0.3, 0.4) is 0 Å². The van der Waals surface area contributed by atoms with Gasteiger partial charge in [-0.25, -0.2) is 0 Å². The van der Waals surface area contributed by atoms with Gasteiger partial charge in [0.15, 0.2) is 5.11 Å². The molecule has 2 N–H and O–H groups in total. The number of likely N-dealkylation sites (N-methyl/N-ethyl adjacent to an activating group) is 1. The third-order valence-electron chi connectivity index (χ3n) is 7.73. The second-order valence-corrected chi connectivity index (χ2v) is 11.7. The summed E-state index contributed by atoms with van der Waals surface area (Å²) in [5.41, 5.74) is 7.04. The quantitative estimate of drug-likeness (QED) is 0.329. The van der Waals surface area contributed by atoms with E-state index in [4.69, 9.17) is 23.8 Å². The lowest BCUT2D eigenvalue weighted by atomic mass is 9.86. The number of hydrogen-bond acceptors (Lipinski definition) is 4. The molecule has 2 aliphatic heterocycles. The maximum atomic E-state index is 12.9. The first-order valence-electron chi connectivity index (χ1n) is 13.2. The minimum absolute atomic E-state index is 0.0670. The molecule has 3 aromatic rings. The third kappa shape index (κ3) is 5.38. The predicted octanol–water partition coefficient (Wildman–Crippen LogP) is 6.68. The average Bonchev–Trinajstić information content (AvgIpc) is 3.22. The molecule has 1 saturated heterocycles. The van der Waals surface area contributed by atoms with Crippen LogP contribution >= 0.6 is 23.8 Å². The lowest BCUT2D eigenvalue weighted by molar-refractivity contribution is -0.116. The molecular formula is C31H34ClN5OS. The van der Waals surface area contributed by atoms with Gasteiger partial charge in [0.2, 0.25) is 5.91 Å². The van der Waals surface area contributed by atoms with Gasteiger partial charge in [0.1, 0.15) is 0 Å². The number of nitrogens with zero attached hydrogens (tertiary/aromatic N) is 3. The fourth-order valence-corrected chi connectivity index (χ4v) is 6.17. The van der Waals surface area contributed by atoms with Crippen molar-refractivity contribution in [3.63, 3.8) is 0 Å². The van der Waals surface area contributed by atoms with Crippen molar-refractivity contribution in [2.75, 3.05) is 23.8 Å².